The summed E-state index contributed by atoms with van der Waals surface area (Å²) in [5.41, 5.74) is 2.05. The highest BCUT2D eigenvalue weighted by Crippen LogP contribution is 2.26. The monoisotopic (exact) mass is 328 g/mol. The average molecular weight is 329 g/mol. The van der Waals surface area contributed by atoms with Gasteiger partial charge in [-0.1, -0.05) is 23.7 Å². The van der Waals surface area contributed by atoms with Gasteiger partial charge in [0.1, 0.15) is 5.15 Å². The Hall–Kier alpha value is -1.37. The minimum absolute atomic E-state index is 0.188. The summed E-state index contributed by atoms with van der Waals surface area (Å²) >= 11 is 6.14. The third-order valence-corrected chi connectivity index (χ3v) is 4.92. The van der Waals surface area contributed by atoms with Crippen LogP contribution in [0.25, 0.3) is 0 Å². The number of aryl methyl sites for hydroxylation is 2. The highest BCUT2D eigenvalue weighted by molar-refractivity contribution is 7.90. The van der Waals surface area contributed by atoms with Gasteiger partial charge in [-0.2, -0.15) is 5.10 Å². The number of aliphatic hydroxyl groups excluding tert-OH is 1. The number of aromatic nitrogens is 2. The highest BCUT2D eigenvalue weighted by Gasteiger charge is 2.18. The zero-order valence-electron chi connectivity index (χ0n) is 12.0. The number of halogens is 1. The SMILES string of the molecule is Cc1nn(C)c(Cl)c1CC(O)c1cccc(S(C)(=O)=O)c1. The Labute approximate surface area is 129 Å². The Morgan fingerprint density at radius 3 is 2.62 bits per heavy atom. The first-order valence-corrected chi connectivity index (χ1v) is 8.63. The minimum Gasteiger partial charge on any atom is -0.388 e. The van der Waals surface area contributed by atoms with Crippen molar-refractivity contribution >= 4 is 21.4 Å². The van der Waals surface area contributed by atoms with Crippen molar-refractivity contribution in [3.05, 3.63) is 46.2 Å². The number of sulfone groups is 1. The van der Waals surface area contributed by atoms with Crippen molar-refractivity contribution in [1.29, 1.82) is 0 Å². The molecule has 0 spiro atoms. The van der Waals surface area contributed by atoms with Crippen LogP contribution in [0.3, 0.4) is 0 Å². The van der Waals surface area contributed by atoms with E-state index in [9.17, 15) is 13.5 Å². The molecule has 0 aliphatic carbocycles. The first kappa shape index (κ1) is 16.0. The van der Waals surface area contributed by atoms with Crippen LogP contribution in [0.5, 0.6) is 0 Å². The Morgan fingerprint density at radius 1 is 1.43 bits per heavy atom. The molecule has 21 heavy (non-hydrogen) atoms. The molecule has 1 aromatic heterocycles. The molecular weight excluding hydrogens is 312 g/mol. The maximum absolute atomic E-state index is 11.6. The van der Waals surface area contributed by atoms with Crippen molar-refractivity contribution in [2.24, 2.45) is 7.05 Å². The Balaban J connectivity index is 2.31. The van der Waals surface area contributed by atoms with Crippen molar-refractivity contribution in [1.82, 2.24) is 9.78 Å². The van der Waals surface area contributed by atoms with Crippen LogP contribution >= 0.6 is 11.6 Å². The fourth-order valence-electron chi connectivity index (χ4n) is 2.17. The fourth-order valence-corrected chi connectivity index (χ4v) is 3.10. The highest BCUT2D eigenvalue weighted by atomic mass is 35.5. The van der Waals surface area contributed by atoms with Crippen molar-refractivity contribution in [2.45, 2.75) is 24.3 Å². The number of hydrogen-bond acceptors (Lipinski definition) is 4. The van der Waals surface area contributed by atoms with E-state index >= 15 is 0 Å². The third-order valence-electron chi connectivity index (χ3n) is 3.34. The average Bonchev–Trinajstić information content (AvgIpc) is 2.64. The molecule has 0 saturated carbocycles. The molecule has 1 atom stereocenters. The van der Waals surface area contributed by atoms with Gasteiger partial charge >= 0.3 is 0 Å². The van der Waals surface area contributed by atoms with Crippen molar-refractivity contribution in [3.63, 3.8) is 0 Å². The Kier molecular flexibility index (Phi) is 4.41. The lowest BCUT2D eigenvalue weighted by molar-refractivity contribution is 0.178. The second kappa shape index (κ2) is 5.79. The molecule has 0 radical (unpaired) electrons. The van der Waals surface area contributed by atoms with Gasteiger partial charge in [0.2, 0.25) is 0 Å². The molecule has 0 aliphatic heterocycles. The van der Waals surface area contributed by atoms with E-state index in [1.807, 2.05) is 6.92 Å². The van der Waals surface area contributed by atoms with Crippen LogP contribution in [0, 0.1) is 6.92 Å². The second-order valence-corrected chi connectivity index (χ2v) is 7.42. The predicted octanol–water partition coefficient (Wildman–Crippen LogP) is 2.06. The van der Waals surface area contributed by atoms with Crippen molar-refractivity contribution in [2.75, 3.05) is 6.26 Å². The van der Waals surface area contributed by atoms with Crippen molar-refractivity contribution in [3.8, 4) is 0 Å². The lowest BCUT2D eigenvalue weighted by atomic mass is 10.0. The van der Waals surface area contributed by atoms with E-state index in [1.54, 1.807) is 23.9 Å². The molecule has 2 rings (SSSR count). The standard InChI is InChI=1S/C14H17ClN2O3S/c1-9-12(14(15)17(2)16-9)8-13(18)10-5-4-6-11(7-10)21(3,19)20/h4-7,13,18H,8H2,1-3H3. The number of benzene rings is 1. The van der Waals surface area contributed by atoms with Gasteiger partial charge < -0.3 is 5.11 Å². The molecule has 2 aromatic rings. The van der Waals surface area contributed by atoms with E-state index in [-0.39, 0.29) is 11.3 Å². The summed E-state index contributed by atoms with van der Waals surface area (Å²) in [5.74, 6) is 0. The number of hydrogen-bond donors (Lipinski definition) is 1. The van der Waals surface area contributed by atoms with E-state index in [0.717, 1.165) is 17.5 Å². The van der Waals surface area contributed by atoms with Crippen LogP contribution in [0.15, 0.2) is 29.2 Å². The lowest BCUT2D eigenvalue weighted by Gasteiger charge is -2.12. The number of aliphatic hydroxyl groups is 1. The van der Waals surface area contributed by atoms with Crippen LogP contribution in [0.1, 0.15) is 22.9 Å². The summed E-state index contributed by atoms with van der Waals surface area (Å²) in [4.78, 5) is 0.188. The van der Waals surface area contributed by atoms with E-state index in [2.05, 4.69) is 5.10 Å². The fraction of sp³-hybridized carbons (Fsp3) is 0.357. The topological polar surface area (TPSA) is 72.2 Å². The van der Waals surface area contributed by atoms with Gasteiger partial charge in [0.05, 0.1) is 16.7 Å². The van der Waals surface area contributed by atoms with Gasteiger partial charge in [0, 0.05) is 25.3 Å². The van der Waals surface area contributed by atoms with E-state index in [0.29, 0.717) is 10.7 Å². The molecule has 1 unspecified atom stereocenters. The summed E-state index contributed by atoms with van der Waals surface area (Å²) < 4.78 is 24.7. The first-order chi connectivity index (χ1) is 9.70. The molecule has 1 N–H and O–H groups in total. The largest absolute Gasteiger partial charge is 0.388 e. The molecule has 114 valence electrons. The van der Waals surface area contributed by atoms with Gasteiger partial charge in [-0.25, -0.2) is 8.42 Å². The number of rotatable bonds is 4. The van der Waals surface area contributed by atoms with Crippen LogP contribution in [-0.4, -0.2) is 29.6 Å². The Bertz CT molecular complexity index is 769. The maximum Gasteiger partial charge on any atom is 0.175 e. The van der Waals surface area contributed by atoms with Gasteiger partial charge in [0.25, 0.3) is 0 Å². The van der Waals surface area contributed by atoms with E-state index in [1.165, 1.54) is 12.1 Å². The molecule has 0 aliphatic rings. The molecule has 0 fully saturated rings. The number of nitrogens with zero attached hydrogens (tertiary/aromatic N) is 2. The zero-order valence-corrected chi connectivity index (χ0v) is 13.6. The van der Waals surface area contributed by atoms with Gasteiger partial charge in [0.15, 0.2) is 9.84 Å². The maximum atomic E-state index is 11.6. The predicted molar refractivity (Wildman–Crippen MR) is 81.2 cm³/mol. The molecule has 0 bridgehead atoms. The summed E-state index contributed by atoms with van der Waals surface area (Å²) in [6.45, 7) is 1.82. The van der Waals surface area contributed by atoms with Crippen LogP contribution in [-0.2, 0) is 23.3 Å². The minimum atomic E-state index is -3.30. The molecule has 1 aromatic carbocycles. The van der Waals surface area contributed by atoms with Crippen LogP contribution < -0.4 is 0 Å². The van der Waals surface area contributed by atoms with Gasteiger partial charge in [-0.05, 0) is 24.6 Å². The van der Waals surface area contributed by atoms with E-state index in [4.69, 9.17) is 11.6 Å². The smallest absolute Gasteiger partial charge is 0.175 e. The van der Waals surface area contributed by atoms with Gasteiger partial charge in [-0.3, -0.25) is 4.68 Å². The van der Waals surface area contributed by atoms with E-state index < -0.39 is 15.9 Å². The van der Waals surface area contributed by atoms with Gasteiger partial charge in [-0.15, -0.1) is 0 Å². The molecule has 7 heteroatoms. The molecule has 5 nitrogen and oxygen atoms in total. The molecule has 0 amide bonds. The normalized spacial score (nSPS) is 13.4. The molecule has 0 saturated heterocycles. The second-order valence-electron chi connectivity index (χ2n) is 5.04. The molecule has 1 heterocycles. The first-order valence-electron chi connectivity index (χ1n) is 6.36. The summed E-state index contributed by atoms with van der Waals surface area (Å²) in [6.07, 6.45) is 0.582. The molecular formula is C14H17ClN2O3S. The zero-order chi connectivity index (χ0) is 15.8. The quantitative estimate of drug-likeness (QED) is 0.932. The lowest BCUT2D eigenvalue weighted by Crippen LogP contribution is -2.05. The van der Waals surface area contributed by atoms with Crippen molar-refractivity contribution < 1.29 is 13.5 Å². The summed E-state index contributed by atoms with van der Waals surface area (Å²) in [5, 5.41) is 15.0. The Morgan fingerprint density at radius 2 is 2.10 bits per heavy atom. The van der Waals surface area contributed by atoms with Crippen LogP contribution in [0.4, 0.5) is 0 Å². The van der Waals surface area contributed by atoms with Crippen LogP contribution in [0.2, 0.25) is 5.15 Å². The third kappa shape index (κ3) is 3.45. The summed E-state index contributed by atoms with van der Waals surface area (Å²) in [7, 11) is -1.57. The summed E-state index contributed by atoms with van der Waals surface area (Å²) in [6, 6.07) is 6.30.